The van der Waals surface area contributed by atoms with Gasteiger partial charge in [-0.15, -0.1) is 0 Å². The Labute approximate surface area is 101 Å². The summed E-state index contributed by atoms with van der Waals surface area (Å²) in [5.41, 5.74) is 0.525. The Bertz CT molecular complexity index is 510. The van der Waals surface area contributed by atoms with E-state index in [9.17, 15) is 0 Å². The highest BCUT2D eigenvalue weighted by Gasteiger charge is 2.09. The van der Waals surface area contributed by atoms with Crippen LogP contribution in [0.25, 0.3) is 10.9 Å². The second kappa shape index (κ2) is 3.74. The number of benzene rings is 1. The van der Waals surface area contributed by atoms with E-state index in [-0.39, 0.29) is 0 Å². The van der Waals surface area contributed by atoms with Crippen LogP contribution < -0.4 is 0 Å². The molecule has 2 aromatic rings. The lowest BCUT2D eigenvalue weighted by atomic mass is 10.2. The topological polar surface area (TPSA) is 12.9 Å². The summed E-state index contributed by atoms with van der Waals surface area (Å²) in [5, 5.41) is 2.37. The molecule has 0 aliphatic carbocycles. The van der Waals surface area contributed by atoms with Gasteiger partial charge in [0.2, 0.25) is 0 Å². The lowest BCUT2D eigenvalue weighted by Gasteiger charge is -2.04. The lowest BCUT2D eigenvalue weighted by molar-refractivity contribution is 1.41. The molecule has 1 aromatic heterocycles. The third-order valence-electron chi connectivity index (χ3n) is 1.78. The number of halogens is 4. The van der Waals surface area contributed by atoms with E-state index in [2.05, 4.69) is 4.98 Å². The average Bonchev–Trinajstić information content (AvgIpc) is 2.10. The van der Waals surface area contributed by atoms with Gasteiger partial charge in [-0.3, -0.25) is 0 Å². The maximum atomic E-state index is 5.97. The van der Waals surface area contributed by atoms with Crippen molar-refractivity contribution < 1.29 is 0 Å². The third-order valence-corrected chi connectivity index (χ3v) is 2.89. The van der Waals surface area contributed by atoms with Crippen molar-refractivity contribution in [3.05, 3.63) is 38.4 Å². The van der Waals surface area contributed by atoms with E-state index in [1.165, 1.54) is 6.07 Å². The SMILES string of the molecule is Clc1cc(Cl)c2c(Cl)ccc(Cl)c2n1. The predicted molar refractivity (Wildman–Crippen MR) is 61.8 cm³/mol. The minimum atomic E-state index is 0.298. The van der Waals surface area contributed by atoms with Gasteiger partial charge in [0.15, 0.2) is 0 Å². The number of hydrogen-bond donors (Lipinski definition) is 0. The van der Waals surface area contributed by atoms with E-state index in [0.29, 0.717) is 31.1 Å². The molecule has 14 heavy (non-hydrogen) atoms. The normalized spacial score (nSPS) is 10.9. The molecule has 0 N–H and O–H groups in total. The summed E-state index contributed by atoms with van der Waals surface area (Å²) in [6, 6.07) is 4.87. The quantitative estimate of drug-likeness (QED) is 0.622. The van der Waals surface area contributed by atoms with Gasteiger partial charge < -0.3 is 0 Å². The van der Waals surface area contributed by atoms with Crippen molar-refractivity contribution in [1.82, 2.24) is 4.98 Å². The molecule has 0 amide bonds. The first-order chi connectivity index (χ1) is 6.59. The van der Waals surface area contributed by atoms with Crippen LogP contribution in [0, 0.1) is 0 Å². The molecule has 0 atom stereocenters. The van der Waals surface area contributed by atoms with Gasteiger partial charge in [-0.2, -0.15) is 0 Å². The molecule has 1 aromatic carbocycles. The first-order valence-electron chi connectivity index (χ1n) is 3.69. The molecular formula is C9H3Cl4N. The summed E-state index contributed by atoms with van der Waals surface area (Å²) < 4.78 is 0. The minimum Gasteiger partial charge on any atom is -0.234 e. The van der Waals surface area contributed by atoms with Crippen molar-refractivity contribution in [1.29, 1.82) is 0 Å². The van der Waals surface area contributed by atoms with Gasteiger partial charge in [0, 0.05) is 5.39 Å². The highest BCUT2D eigenvalue weighted by molar-refractivity contribution is 6.45. The maximum Gasteiger partial charge on any atom is 0.131 e. The molecule has 0 fully saturated rings. The molecule has 0 saturated heterocycles. The minimum absolute atomic E-state index is 0.298. The zero-order valence-corrected chi connectivity index (χ0v) is 9.71. The second-order valence-electron chi connectivity index (χ2n) is 2.68. The van der Waals surface area contributed by atoms with E-state index in [1.54, 1.807) is 12.1 Å². The summed E-state index contributed by atoms with van der Waals surface area (Å²) in [6.45, 7) is 0. The summed E-state index contributed by atoms with van der Waals surface area (Å²) in [6.07, 6.45) is 0. The van der Waals surface area contributed by atoms with Crippen LogP contribution in [0.1, 0.15) is 0 Å². The van der Waals surface area contributed by atoms with Gasteiger partial charge in [0.25, 0.3) is 0 Å². The van der Waals surface area contributed by atoms with Crippen molar-refractivity contribution in [3.63, 3.8) is 0 Å². The lowest BCUT2D eigenvalue weighted by Crippen LogP contribution is -1.83. The Morgan fingerprint density at radius 2 is 1.50 bits per heavy atom. The van der Waals surface area contributed by atoms with Crippen molar-refractivity contribution in [2.45, 2.75) is 0 Å². The summed E-state index contributed by atoms with van der Waals surface area (Å²) >= 11 is 23.6. The molecule has 0 bridgehead atoms. The van der Waals surface area contributed by atoms with Crippen LogP contribution in [-0.4, -0.2) is 4.98 Å². The third kappa shape index (κ3) is 1.66. The van der Waals surface area contributed by atoms with E-state index in [1.807, 2.05) is 0 Å². The molecule has 1 heterocycles. The predicted octanol–water partition coefficient (Wildman–Crippen LogP) is 4.85. The number of fused-ring (bicyclic) bond motifs is 1. The molecule has 72 valence electrons. The van der Waals surface area contributed by atoms with E-state index >= 15 is 0 Å². The smallest absolute Gasteiger partial charge is 0.131 e. The van der Waals surface area contributed by atoms with Crippen LogP contribution in [0.4, 0.5) is 0 Å². The Balaban J connectivity index is 3.00. The zero-order chi connectivity index (χ0) is 10.3. The molecule has 0 unspecified atom stereocenters. The summed E-state index contributed by atoms with van der Waals surface area (Å²) in [7, 11) is 0. The fourth-order valence-electron chi connectivity index (χ4n) is 1.19. The fourth-order valence-corrected chi connectivity index (χ4v) is 2.24. The van der Waals surface area contributed by atoms with E-state index in [4.69, 9.17) is 46.4 Å². The highest BCUT2D eigenvalue weighted by Crippen LogP contribution is 2.34. The largest absolute Gasteiger partial charge is 0.234 e. The van der Waals surface area contributed by atoms with Gasteiger partial charge in [0.1, 0.15) is 5.15 Å². The van der Waals surface area contributed by atoms with Crippen molar-refractivity contribution in [2.75, 3.05) is 0 Å². The zero-order valence-electron chi connectivity index (χ0n) is 6.69. The molecular weight excluding hydrogens is 264 g/mol. The first-order valence-corrected chi connectivity index (χ1v) is 5.20. The van der Waals surface area contributed by atoms with Gasteiger partial charge in [-0.05, 0) is 18.2 Å². The molecule has 0 aliphatic rings. The second-order valence-corrected chi connectivity index (χ2v) is 4.29. The monoisotopic (exact) mass is 265 g/mol. The Morgan fingerprint density at radius 3 is 2.21 bits per heavy atom. The van der Waals surface area contributed by atoms with Crippen LogP contribution in [-0.2, 0) is 0 Å². The molecule has 2 rings (SSSR count). The number of hydrogen-bond acceptors (Lipinski definition) is 1. The molecule has 1 nitrogen and oxygen atoms in total. The van der Waals surface area contributed by atoms with Crippen LogP contribution in [0.5, 0.6) is 0 Å². The standard InChI is InChI=1S/C9H3Cl4N/c10-4-1-2-5(11)9-8(4)6(12)3-7(13)14-9/h1-3H. The van der Waals surface area contributed by atoms with E-state index in [0.717, 1.165) is 0 Å². The van der Waals surface area contributed by atoms with Crippen molar-refractivity contribution in [2.24, 2.45) is 0 Å². The molecule has 0 spiro atoms. The number of rotatable bonds is 0. The summed E-state index contributed by atoms with van der Waals surface area (Å²) in [5.74, 6) is 0. The Kier molecular flexibility index (Phi) is 2.76. The van der Waals surface area contributed by atoms with E-state index < -0.39 is 0 Å². The molecule has 5 heteroatoms. The van der Waals surface area contributed by atoms with Crippen molar-refractivity contribution >= 4 is 57.3 Å². The van der Waals surface area contributed by atoms with Crippen LogP contribution in [0.3, 0.4) is 0 Å². The van der Waals surface area contributed by atoms with Crippen LogP contribution >= 0.6 is 46.4 Å². The fraction of sp³-hybridized carbons (Fsp3) is 0. The molecule has 0 aliphatic heterocycles. The Hall–Kier alpha value is -0.210. The van der Waals surface area contributed by atoms with Gasteiger partial charge in [0.05, 0.1) is 20.6 Å². The number of aromatic nitrogens is 1. The highest BCUT2D eigenvalue weighted by atomic mass is 35.5. The van der Waals surface area contributed by atoms with Gasteiger partial charge in [-0.1, -0.05) is 46.4 Å². The van der Waals surface area contributed by atoms with Crippen LogP contribution in [0.15, 0.2) is 18.2 Å². The number of pyridine rings is 1. The number of nitrogens with zero attached hydrogens (tertiary/aromatic N) is 1. The molecule has 0 saturated carbocycles. The summed E-state index contributed by atoms with van der Waals surface area (Å²) in [4.78, 5) is 4.06. The first kappa shape index (κ1) is 10.3. The van der Waals surface area contributed by atoms with Gasteiger partial charge >= 0.3 is 0 Å². The van der Waals surface area contributed by atoms with Crippen molar-refractivity contribution in [3.8, 4) is 0 Å². The van der Waals surface area contributed by atoms with Crippen LogP contribution in [0.2, 0.25) is 20.2 Å². The molecule has 0 radical (unpaired) electrons. The van der Waals surface area contributed by atoms with Gasteiger partial charge in [-0.25, -0.2) is 4.98 Å². The maximum absolute atomic E-state index is 5.97. The Morgan fingerprint density at radius 1 is 0.857 bits per heavy atom. The average molecular weight is 267 g/mol.